The van der Waals surface area contributed by atoms with Gasteiger partial charge in [0.25, 0.3) is 0 Å². The zero-order valence-electron chi connectivity index (χ0n) is 17.4. The molecule has 4 fully saturated rings. The number of hydrogen-bond acceptors (Lipinski definition) is 0. The number of alkyl halides is 2. The van der Waals surface area contributed by atoms with Crippen molar-refractivity contribution < 1.29 is 0 Å². The van der Waals surface area contributed by atoms with Crippen LogP contribution in [0.25, 0.3) is 0 Å². The maximum absolute atomic E-state index is 3.04. The molecule has 8 unspecified atom stereocenters. The molecule has 0 saturated heterocycles. The van der Waals surface area contributed by atoms with Gasteiger partial charge < -0.3 is 0 Å². The second kappa shape index (κ2) is 8.93. The van der Waals surface area contributed by atoms with E-state index in [0.29, 0.717) is 6.84 Å². The van der Waals surface area contributed by atoms with Gasteiger partial charge in [-0.15, -0.1) is 0 Å². The third kappa shape index (κ3) is 4.14. The van der Waals surface area contributed by atoms with Crippen LogP contribution in [0.15, 0.2) is 11.6 Å². The molecule has 0 nitrogen and oxygen atoms in total. The molecule has 0 spiro atoms. The summed E-state index contributed by atoms with van der Waals surface area (Å²) in [5, 5.41) is 0. The van der Waals surface area contributed by atoms with Crippen LogP contribution in [0.5, 0.6) is 0 Å². The zero-order valence-corrected chi connectivity index (χ0v) is 26.2. The Labute approximate surface area is 211 Å². The molecule has 0 radical (unpaired) electrons. The van der Waals surface area contributed by atoms with E-state index in [9.17, 15) is 0 Å². The molecule has 0 aromatic heterocycles. The standard InChI is InChI=1S/C24H37I2.Tl/c1-17(2)7-3-4-8-19-11-13-21-20-12-10-18-9-5-6-15-23(18,25)22(20)14-16-24(19,21)26;/h7-8,18-22H,3-6,9-16H2,1-2H3;. The Morgan fingerprint density at radius 1 is 0.963 bits per heavy atom. The summed E-state index contributed by atoms with van der Waals surface area (Å²) in [4.78, 5) is 0. The minimum atomic E-state index is 0.665. The van der Waals surface area contributed by atoms with Crippen LogP contribution in [0.2, 0.25) is 3.48 Å². The van der Waals surface area contributed by atoms with Gasteiger partial charge in [0.2, 0.25) is 0 Å². The number of hydrogen-bond donors (Lipinski definition) is 0. The van der Waals surface area contributed by atoms with Crippen LogP contribution in [0.4, 0.5) is 0 Å². The molecule has 4 saturated carbocycles. The molecule has 0 amide bonds. The van der Waals surface area contributed by atoms with E-state index in [4.69, 9.17) is 0 Å². The van der Waals surface area contributed by atoms with Crippen LogP contribution in [0.1, 0.15) is 90.9 Å². The van der Waals surface area contributed by atoms with Gasteiger partial charge in [0.15, 0.2) is 0 Å². The van der Waals surface area contributed by atoms with Crippen LogP contribution < -0.4 is 0 Å². The Kier molecular flexibility index (Phi) is 7.39. The molecular weight excluding hydrogens is 746 g/mol. The summed E-state index contributed by atoms with van der Waals surface area (Å²) in [6, 6.07) is 0. The summed E-state index contributed by atoms with van der Waals surface area (Å²) in [6.07, 6.45) is 20.8. The Hall–Kier alpha value is 2.12. The van der Waals surface area contributed by atoms with Crippen molar-refractivity contribution in [1.29, 1.82) is 0 Å². The first-order chi connectivity index (χ1) is 12.9. The summed E-state index contributed by atoms with van der Waals surface area (Å²) in [5.41, 5.74) is 1.51. The molecule has 27 heavy (non-hydrogen) atoms. The van der Waals surface area contributed by atoms with Crippen molar-refractivity contribution in [2.24, 2.45) is 29.6 Å². The fourth-order valence-corrected chi connectivity index (χ4v) is 15.7. The molecule has 4 aliphatic carbocycles. The third-order valence-electron chi connectivity index (χ3n) is 8.97. The monoisotopic (exact) mass is 784 g/mol. The average Bonchev–Trinajstić information content (AvgIpc) is 2.98. The zero-order chi connectivity index (χ0) is 19.2. The molecule has 4 aliphatic rings. The molecule has 0 aromatic carbocycles. The van der Waals surface area contributed by atoms with E-state index in [1.54, 1.807) is 44.9 Å². The first-order valence-corrected chi connectivity index (χ1v) is 16.4. The number of allylic oxidation sites excluding steroid dienone is 2. The second-order valence-electron chi connectivity index (χ2n) is 10.5. The Bertz CT molecular complexity index is 571. The van der Waals surface area contributed by atoms with Crippen LogP contribution >= 0.6 is 45.2 Å². The van der Waals surface area contributed by atoms with Crippen LogP contribution in [0, 0.1) is 29.6 Å². The van der Waals surface area contributed by atoms with E-state index in [0.717, 1.165) is 33.1 Å². The van der Waals surface area contributed by atoms with Crippen molar-refractivity contribution in [3.8, 4) is 0 Å². The van der Waals surface area contributed by atoms with Crippen LogP contribution in [-0.4, -0.2) is 32.6 Å². The van der Waals surface area contributed by atoms with E-state index in [2.05, 4.69) is 65.1 Å². The first kappa shape index (κ1) is 22.3. The summed E-state index contributed by atoms with van der Waals surface area (Å²) in [7, 11) is 0. The molecule has 4 rings (SSSR count). The van der Waals surface area contributed by atoms with Gasteiger partial charge >= 0.3 is 213 Å². The summed E-state index contributed by atoms with van der Waals surface area (Å²) < 4.78 is 2.41. The van der Waals surface area contributed by atoms with E-state index >= 15 is 0 Å². The SMILES string of the molecule is CC(C)=CCC[CH]([Tl])C1CCC2C3CCC4CCCCC4(I)C3CCC12I. The molecule has 0 heterocycles. The molecule has 0 aromatic rings. The van der Waals surface area contributed by atoms with Gasteiger partial charge in [-0.2, -0.15) is 0 Å². The quantitative estimate of drug-likeness (QED) is 0.117. The van der Waals surface area contributed by atoms with E-state index in [1.165, 1.54) is 63.4 Å². The maximum atomic E-state index is 3.04. The second-order valence-corrected chi connectivity index (χ2v) is 17.8. The Morgan fingerprint density at radius 3 is 2.52 bits per heavy atom. The van der Waals surface area contributed by atoms with Crippen molar-refractivity contribution in [3.63, 3.8) is 0 Å². The van der Waals surface area contributed by atoms with Crippen LogP contribution in [0.3, 0.4) is 0 Å². The average molecular weight is 784 g/mol. The molecule has 150 valence electrons. The summed E-state index contributed by atoms with van der Waals surface area (Å²) in [5.74, 6) is 5.30. The third-order valence-corrected chi connectivity index (χ3v) is 16.4. The van der Waals surface area contributed by atoms with E-state index in [1.807, 2.05) is 0 Å². The van der Waals surface area contributed by atoms with Crippen molar-refractivity contribution in [1.82, 2.24) is 0 Å². The summed E-state index contributed by atoms with van der Waals surface area (Å²) >= 11 is 7.20. The predicted octanol–water partition coefficient (Wildman–Crippen LogP) is 8.07. The topological polar surface area (TPSA) is 0 Å². The van der Waals surface area contributed by atoms with Gasteiger partial charge in [0.05, 0.1) is 0 Å². The molecule has 0 N–H and O–H groups in total. The molecule has 0 aliphatic heterocycles. The van der Waals surface area contributed by atoms with E-state index in [-0.39, 0.29) is 0 Å². The van der Waals surface area contributed by atoms with Gasteiger partial charge in [0, 0.05) is 0 Å². The van der Waals surface area contributed by atoms with Crippen molar-refractivity contribution >= 4 is 70.9 Å². The predicted molar refractivity (Wildman–Crippen MR) is 135 cm³/mol. The normalized spacial score (nSPS) is 47.4. The number of halogens is 2. The van der Waals surface area contributed by atoms with E-state index < -0.39 is 0 Å². The fourth-order valence-electron chi connectivity index (χ4n) is 7.76. The van der Waals surface area contributed by atoms with Gasteiger partial charge in [-0.25, -0.2) is 0 Å². The summed E-state index contributed by atoms with van der Waals surface area (Å²) in [6.45, 7) is 4.52. The molecule has 8 atom stereocenters. The van der Waals surface area contributed by atoms with Gasteiger partial charge in [-0.05, 0) is 0 Å². The molecule has 3 heteroatoms. The fraction of sp³-hybridized carbons (Fsp3) is 0.917. The number of rotatable bonds is 4. The van der Waals surface area contributed by atoms with Crippen molar-refractivity contribution in [2.75, 3.05) is 0 Å². The molecule has 0 bridgehead atoms. The van der Waals surface area contributed by atoms with Gasteiger partial charge in [-0.3, -0.25) is 0 Å². The Balaban J connectivity index is 1.49. The van der Waals surface area contributed by atoms with Gasteiger partial charge in [-0.1, -0.05) is 0 Å². The van der Waals surface area contributed by atoms with Crippen LogP contribution in [-0.2, 0) is 0 Å². The Morgan fingerprint density at radius 2 is 1.74 bits per heavy atom. The number of fused-ring (bicyclic) bond motifs is 5. The van der Waals surface area contributed by atoms with Crippen molar-refractivity contribution in [3.05, 3.63) is 11.6 Å². The first-order valence-electron chi connectivity index (χ1n) is 11.6. The van der Waals surface area contributed by atoms with Gasteiger partial charge in [0.1, 0.15) is 0 Å². The minimum absolute atomic E-state index is 0.665. The molecular formula is C24H37I2Tl. The van der Waals surface area contributed by atoms with Crippen molar-refractivity contribution in [2.45, 2.75) is 101 Å².